The summed E-state index contributed by atoms with van der Waals surface area (Å²) in [6.45, 7) is 5.02. The van der Waals surface area contributed by atoms with Crippen LogP contribution in [0.2, 0.25) is 0 Å². The van der Waals surface area contributed by atoms with E-state index in [1.165, 1.54) is 11.4 Å². The summed E-state index contributed by atoms with van der Waals surface area (Å²) in [5.41, 5.74) is 0. The van der Waals surface area contributed by atoms with Crippen LogP contribution in [0, 0.1) is 0 Å². The number of aliphatic hydroxyl groups excluding tert-OH is 3. The number of rotatable bonds is 10. The number of aliphatic hydroxyl groups is 3. The van der Waals surface area contributed by atoms with Gasteiger partial charge in [-0.2, -0.15) is 0 Å². The van der Waals surface area contributed by atoms with Crippen LogP contribution >= 0.6 is 19.0 Å². The van der Waals surface area contributed by atoms with Gasteiger partial charge in [-0.05, 0) is 25.5 Å². The van der Waals surface area contributed by atoms with E-state index in [1.807, 2.05) is 19.9 Å². The molecule has 0 aromatic heterocycles. The Balaban J connectivity index is 1.95. The molecule has 1 aromatic rings. The fourth-order valence-electron chi connectivity index (χ4n) is 2.30. The molecule has 26 heavy (non-hydrogen) atoms. The highest BCUT2D eigenvalue weighted by atomic mass is 32.7. The number of hydrogen-bond donors (Lipinski definition) is 3. The van der Waals surface area contributed by atoms with Gasteiger partial charge in [-0.1, -0.05) is 36.5 Å². The molecular formula is C17H27O7PS. The first kappa shape index (κ1) is 21.9. The molecule has 1 aliphatic heterocycles. The molecule has 1 aliphatic rings. The van der Waals surface area contributed by atoms with Crippen LogP contribution in [0.25, 0.3) is 0 Å². The van der Waals surface area contributed by atoms with Crippen molar-refractivity contribution < 1.29 is 33.8 Å². The first-order valence-electron chi connectivity index (χ1n) is 8.67. The Morgan fingerprint density at radius 1 is 1.04 bits per heavy atom. The standard InChI is InChI=1S/C17H27O7PS/c1-3-10-22-25(21-4-2)26-11-13-14(18)15(19)16(20)17(24-13)23-12-8-6-5-7-9-12/h5-9,13-20H,3-4,10-11H2,1-2H3/t13?,14-,15?,16?,17+,25?/m1/s1. The quantitative estimate of drug-likeness (QED) is 0.509. The average Bonchev–Trinajstić information content (AvgIpc) is 2.66. The molecule has 0 amide bonds. The van der Waals surface area contributed by atoms with Gasteiger partial charge in [0.25, 0.3) is 0 Å². The summed E-state index contributed by atoms with van der Waals surface area (Å²) in [4.78, 5) is 0. The molecule has 0 saturated carbocycles. The van der Waals surface area contributed by atoms with E-state index in [0.29, 0.717) is 24.7 Å². The van der Waals surface area contributed by atoms with Gasteiger partial charge in [0.05, 0.1) is 19.3 Å². The van der Waals surface area contributed by atoms with Gasteiger partial charge in [0, 0.05) is 5.75 Å². The maximum Gasteiger partial charge on any atom is 0.238 e. The summed E-state index contributed by atoms with van der Waals surface area (Å²) in [6.07, 6.45) is -4.85. The largest absolute Gasteiger partial charge is 0.462 e. The Labute approximate surface area is 159 Å². The second kappa shape index (κ2) is 11.4. The molecule has 4 unspecified atom stereocenters. The monoisotopic (exact) mass is 406 g/mol. The van der Waals surface area contributed by atoms with E-state index in [2.05, 4.69) is 0 Å². The third kappa shape index (κ3) is 6.32. The number of para-hydroxylation sites is 1. The molecule has 0 bridgehead atoms. The first-order valence-corrected chi connectivity index (χ1v) is 11.4. The Morgan fingerprint density at radius 2 is 1.77 bits per heavy atom. The highest BCUT2D eigenvalue weighted by Gasteiger charge is 2.45. The molecule has 0 radical (unpaired) electrons. The van der Waals surface area contributed by atoms with E-state index in [-0.39, 0.29) is 0 Å². The van der Waals surface area contributed by atoms with Gasteiger partial charge in [-0.15, -0.1) is 0 Å². The highest BCUT2D eigenvalue weighted by molar-refractivity contribution is 8.52. The summed E-state index contributed by atoms with van der Waals surface area (Å²) < 4.78 is 22.6. The lowest BCUT2D eigenvalue weighted by molar-refractivity contribution is -0.266. The summed E-state index contributed by atoms with van der Waals surface area (Å²) in [6, 6.07) is 8.89. The zero-order chi connectivity index (χ0) is 18.9. The van der Waals surface area contributed by atoms with E-state index in [1.54, 1.807) is 24.3 Å². The maximum absolute atomic E-state index is 10.2. The summed E-state index contributed by atoms with van der Waals surface area (Å²) in [7, 11) is -1.16. The van der Waals surface area contributed by atoms with Crippen LogP contribution in [0.1, 0.15) is 20.3 Å². The molecule has 9 heteroatoms. The van der Waals surface area contributed by atoms with E-state index >= 15 is 0 Å². The number of benzene rings is 1. The first-order chi connectivity index (χ1) is 12.6. The van der Waals surface area contributed by atoms with Crippen molar-refractivity contribution in [1.29, 1.82) is 0 Å². The van der Waals surface area contributed by atoms with E-state index in [4.69, 9.17) is 18.5 Å². The van der Waals surface area contributed by atoms with Crippen LogP contribution < -0.4 is 4.74 Å². The van der Waals surface area contributed by atoms with Crippen molar-refractivity contribution in [2.45, 2.75) is 51.0 Å². The lowest BCUT2D eigenvalue weighted by Gasteiger charge is -2.40. The van der Waals surface area contributed by atoms with Crippen LogP contribution in [0.5, 0.6) is 5.75 Å². The molecule has 6 atom stereocenters. The third-order valence-corrected chi connectivity index (χ3v) is 6.91. The molecule has 148 valence electrons. The van der Waals surface area contributed by atoms with Gasteiger partial charge in [-0.25, -0.2) is 0 Å². The van der Waals surface area contributed by atoms with Gasteiger partial charge in [0.15, 0.2) is 0 Å². The minimum absolute atomic E-state index is 0.342. The summed E-state index contributed by atoms with van der Waals surface area (Å²) in [5, 5.41) is 30.5. The Bertz CT molecular complexity index is 509. The van der Waals surface area contributed by atoms with Crippen molar-refractivity contribution >= 4 is 19.0 Å². The summed E-state index contributed by atoms with van der Waals surface area (Å²) >= 11 is 1.40. The average molecular weight is 406 g/mol. The molecular weight excluding hydrogens is 379 g/mol. The van der Waals surface area contributed by atoms with Crippen molar-refractivity contribution in [2.24, 2.45) is 0 Å². The second-order valence-electron chi connectivity index (χ2n) is 5.72. The predicted octanol–water partition coefficient (Wildman–Crippen LogP) is 2.30. The molecule has 1 saturated heterocycles. The molecule has 2 rings (SSSR count). The lowest BCUT2D eigenvalue weighted by atomic mass is 10.00. The molecule has 1 heterocycles. The van der Waals surface area contributed by atoms with Crippen LogP contribution in [0.15, 0.2) is 30.3 Å². The van der Waals surface area contributed by atoms with Crippen LogP contribution in [-0.2, 0) is 13.8 Å². The Hall–Kier alpha value is -0.440. The third-order valence-electron chi connectivity index (χ3n) is 3.64. The molecule has 3 N–H and O–H groups in total. The van der Waals surface area contributed by atoms with Crippen LogP contribution in [0.3, 0.4) is 0 Å². The fourth-order valence-corrected chi connectivity index (χ4v) is 5.41. The minimum atomic E-state index is -1.36. The predicted molar refractivity (Wildman–Crippen MR) is 101 cm³/mol. The molecule has 7 nitrogen and oxygen atoms in total. The van der Waals surface area contributed by atoms with Gasteiger partial charge >= 0.3 is 0 Å². The molecule has 1 fully saturated rings. The zero-order valence-electron chi connectivity index (χ0n) is 14.9. The van der Waals surface area contributed by atoms with Crippen molar-refractivity contribution in [2.75, 3.05) is 19.0 Å². The van der Waals surface area contributed by atoms with Crippen LogP contribution in [-0.4, -0.2) is 65.0 Å². The van der Waals surface area contributed by atoms with Crippen molar-refractivity contribution in [3.63, 3.8) is 0 Å². The topological polar surface area (TPSA) is 97.6 Å². The fraction of sp³-hybridized carbons (Fsp3) is 0.647. The summed E-state index contributed by atoms with van der Waals surface area (Å²) in [5.74, 6) is 0.851. The Morgan fingerprint density at radius 3 is 2.42 bits per heavy atom. The molecule has 0 aliphatic carbocycles. The SMILES string of the molecule is CCCOP(OCC)SCC1O[C@H](Oc2ccccc2)C(O)C(O)[C@@H]1O. The number of ether oxygens (including phenoxy) is 2. The van der Waals surface area contributed by atoms with E-state index in [0.717, 1.165) is 6.42 Å². The molecule has 1 aromatic carbocycles. The smallest absolute Gasteiger partial charge is 0.238 e. The normalized spacial score (nSPS) is 30.1. The Kier molecular flexibility index (Phi) is 9.59. The minimum Gasteiger partial charge on any atom is -0.462 e. The van der Waals surface area contributed by atoms with Crippen LogP contribution in [0.4, 0.5) is 0 Å². The highest BCUT2D eigenvalue weighted by Crippen LogP contribution is 2.52. The van der Waals surface area contributed by atoms with Crippen molar-refractivity contribution in [3.8, 4) is 5.75 Å². The lowest BCUT2D eigenvalue weighted by Crippen LogP contribution is -2.59. The van der Waals surface area contributed by atoms with Gasteiger partial charge in [-0.3, -0.25) is 0 Å². The van der Waals surface area contributed by atoms with E-state index < -0.39 is 38.3 Å². The van der Waals surface area contributed by atoms with Crippen molar-refractivity contribution in [1.82, 2.24) is 0 Å². The van der Waals surface area contributed by atoms with Gasteiger partial charge < -0.3 is 33.8 Å². The van der Waals surface area contributed by atoms with E-state index in [9.17, 15) is 15.3 Å². The van der Waals surface area contributed by atoms with Gasteiger partial charge in [0.1, 0.15) is 24.1 Å². The number of hydrogen-bond acceptors (Lipinski definition) is 8. The maximum atomic E-state index is 10.2. The zero-order valence-corrected chi connectivity index (χ0v) is 16.6. The van der Waals surface area contributed by atoms with Crippen molar-refractivity contribution in [3.05, 3.63) is 30.3 Å². The van der Waals surface area contributed by atoms with Gasteiger partial charge in [0.2, 0.25) is 13.9 Å². The second-order valence-corrected chi connectivity index (χ2v) is 8.94. The molecule has 0 spiro atoms.